The highest BCUT2D eigenvalue weighted by molar-refractivity contribution is 6.31. The molecule has 13 nitrogen and oxygen atoms in total. The van der Waals surface area contributed by atoms with Crippen LogP contribution in [-0.2, 0) is 11.3 Å². The molecular weight excluding hydrogens is 682 g/mol. The molecule has 7 rings (SSSR count). The van der Waals surface area contributed by atoms with Gasteiger partial charge in [-0.1, -0.05) is 23.7 Å². The van der Waals surface area contributed by atoms with Crippen LogP contribution in [0.2, 0.25) is 5.02 Å². The SMILES string of the molecule is N#Cc1ccc(OC2CCC(NC(=O)c3ccc(N4CCC(N5CCN(Cc6ccc(N7CCC(=O)NC7=O)cc6)CC5)CC4)nn3)CC2)cc1Cl. The van der Waals surface area contributed by atoms with Crippen molar-refractivity contribution in [2.45, 2.75) is 69.7 Å². The highest BCUT2D eigenvalue weighted by atomic mass is 35.5. The molecule has 2 N–H and O–H groups in total. The third kappa shape index (κ3) is 8.63. The average molecular weight is 726 g/mol. The number of imide groups is 1. The van der Waals surface area contributed by atoms with Crippen molar-refractivity contribution < 1.29 is 19.1 Å². The predicted octanol–water partition coefficient (Wildman–Crippen LogP) is 4.35. The van der Waals surface area contributed by atoms with Crippen molar-refractivity contribution in [3.8, 4) is 11.8 Å². The molecule has 0 bridgehead atoms. The number of anilines is 2. The summed E-state index contributed by atoms with van der Waals surface area (Å²) in [6.07, 6.45) is 5.70. The molecule has 4 fully saturated rings. The van der Waals surface area contributed by atoms with Gasteiger partial charge in [0.25, 0.3) is 5.91 Å². The van der Waals surface area contributed by atoms with Crippen LogP contribution in [0.25, 0.3) is 0 Å². The molecule has 0 unspecified atom stereocenters. The Morgan fingerprint density at radius 3 is 2.31 bits per heavy atom. The number of urea groups is 1. The van der Waals surface area contributed by atoms with Crippen molar-refractivity contribution in [3.05, 3.63) is 76.4 Å². The van der Waals surface area contributed by atoms with E-state index in [1.54, 1.807) is 29.2 Å². The van der Waals surface area contributed by atoms with Gasteiger partial charge in [-0.15, -0.1) is 10.2 Å². The quantitative estimate of drug-likeness (QED) is 0.326. The number of hydrogen-bond acceptors (Lipinski definition) is 10. The van der Waals surface area contributed by atoms with Gasteiger partial charge in [-0.05, 0) is 80.5 Å². The first-order valence-electron chi connectivity index (χ1n) is 18.2. The second kappa shape index (κ2) is 16.3. The molecule has 272 valence electrons. The fourth-order valence-corrected chi connectivity index (χ4v) is 7.86. The number of nitriles is 1. The number of nitrogens with zero attached hydrogens (tertiary/aromatic N) is 7. The van der Waals surface area contributed by atoms with E-state index in [0.717, 1.165) is 95.8 Å². The van der Waals surface area contributed by atoms with Crippen LogP contribution in [0.15, 0.2) is 54.6 Å². The van der Waals surface area contributed by atoms with Gasteiger partial charge in [0, 0.05) is 82.6 Å². The predicted molar refractivity (Wildman–Crippen MR) is 196 cm³/mol. The summed E-state index contributed by atoms with van der Waals surface area (Å²) >= 11 is 6.14. The second-order valence-electron chi connectivity index (χ2n) is 14.0. The Labute approximate surface area is 308 Å². The number of ether oxygens (including phenoxy) is 1. The molecule has 3 aromatic rings. The Hall–Kier alpha value is -4.77. The summed E-state index contributed by atoms with van der Waals surface area (Å²) in [5.74, 6) is 1.03. The minimum atomic E-state index is -0.358. The smallest absolute Gasteiger partial charge is 0.328 e. The van der Waals surface area contributed by atoms with E-state index in [9.17, 15) is 14.4 Å². The molecule has 4 amide bonds. The minimum Gasteiger partial charge on any atom is -0.490 e. The van der Waals surface area contributed by atoms with Crippen molar-refractivity contribution in [1.29, 1.82) is 5.26 Å². The van der Waals surface area contributed by atoms with Crippen molar-refractivity contribution in [3.63, 3.8) is 0 Å². The van der Waals surface area contributed by atoms with E-state index in [4.69, 9.17) is 21.6 Å². The zero-order valence-electron chi connectivity index (χ0n) is 29.2. The number of piperidine rings is 1. The molecule has 4 heterocycles. The first-order chi connectivity index (χ1) is 25.3. The van der Waals surface area contributed by atoms with Gasteiger partial charge in [-0.25, -0.2) is 4.79 Å². The maximum absolute atomic E-state index is 13.0. The Morgan fingerprint density at radius 2 is 1.65 bits per heavy atom. The molecule has 4 aliphatic rings. The van der Waals surface area contributed by atoms with E-state index >= 15 is 0 Å². The monoisotopic (exact) mass is 725 g/mol. The number of rotatable bonds is 9. The van der Waals surface area contributed by atoms with E-state index in [1.807, 2.05) is 18.2 Å². The maximum Gasteiger partial charge on any atom is 0.328 e. The van der Waals surface area contributed by atoms with E-state index in [2.05, 4.69) is 53.7 Å². The number of aromatic nitrogens is 2. The number of amides is 4. The summed E-state index contributed by atoms with van der Waals surface area (Å²) in [5, 5.41) is 23.7. The van der Waals surface area contributed by atoms with Crippen LogP contribution in [-0.4, -0.2) is 102 Å². The summed E-state index contributed by atoms with van der Waals surface area (Å²) in [6, 6.07) is 19.2. The van der Waals surface area contributed by atoms with Gasteiger partial charge in [0.1, 0.15) is 11.8 Å². The number of carbonyl (C=O) groups excluding carboxylic acids is 3. The molecule has 1 aromatic heterocycles. The topological polar surface area (TPSA) is 147 Å². The summed E-state index contributed by atoms with van der Waals surface area (Å²) in [7, 11) is 0. The maximum atomic E-state index is 13.0. The van der Waals surface area contributed by atoms with E-state index < -0.39 is 0 Å². The minimum absolute atomic E-state index is 0.0358. The third-order valence-corrected chi connectivity index (χ3v) is 11.0. The van der Waals surface area contributed by atoms with Crippen LogP contribution < -0.4 is 25.2 Å². The number of hydrogen-bond donors (Lipinski definition) is 2. The lowest BCUT2D eigenvalue weighted by atomic mass is 9.93. The molecule has 1 aliphatic carbocycles. The molecular formula is C38H44ClN9O4. The summed E-state index contributed by atoms with van der Waals surface area (Å²) in [4.78, 5) is 45.6. The first-order valence-corrected chi connectivity index (χ1v) is 18.6. The lowest BCUT2D eigenvalue weighted by Crippen LogP contribution is -2.53. The van der Waals surface area contributed by atoms with Gasteiger partial charge >= 0.3 is 6.03 Å². The van der Waals surface area contributed by atoms with Gasteiger partial charge in [-0.2, -0.15) is 5.26 Å². The van der Waals surface area contributed by atoms with Crippen LogP contribution in [0.1, 0.15) is 66.6 Å². The lowest BCUT2D eigenvalue weighted by Gasteiger charge is -2.43. The van der Waals surface area contributed by atoms with Gasteiger partial charge in [0.05, 0.1) is 16.7 Å². The lowest BCUT2D eigenvalue weighted by molar-refractivity contribution is -0.120. The molecule has 3 saturated heterocycles. The number of nitrogens with one attached hydrogen (secondary N) is 2. The van der Waals surface area contributed by atoms with Crippen molar-refractivity contribution in [2.24, 2.45) is 0 Å². The number of carbonyl (C=O) groups is 3. The molecule has 1 saturated carbocycles. The molecule has 0 radical (unpaired) electrons. The normalized spacial score (nSPS) is 22.1. The van der Waals surface area contributed by atoms with Crippen molar-refractivity contribution in [2.75, 3.05) is 55.6 Å². The van der Waals surface area contributed by atoms with Crippen LogP contribution in [0.3, 0.4) is 0 Å². The highest BCUT2D eigenvalue weighted by Crippen LogP contribution is 2.28. The fraction of sp³-hybridized carbons (Fsp3) is 0.474. The Bertz CT molecular complexity index is 1780. The molecule has 0 atom stereocenters. The van der Waals surface area contributed by atoms with Gasteiger partial charge < -0.3 is 15.0 Å². The molecule has 14 heteroatoms. The summed E-state index contributed by atoms with van der Waals surface area (Å²) in [6.45, 7) is 7.18. The van der Waals surface area contributed by atoms with Crippen molar-refractivity contribution in [1.82, 2.24) is 30.6 Å². The summed E-state index contributed by atoms with van der Waals surface area (Å²) in [5.41, 5.74) is 2.77. The Morgan fingerprint density at radius 1 is 0.904 bits per heavy atom. The largest absolute Gasteiger partial charge is 0.490 e. The third-order valence-electron chi connectivity index (χ3n) is 10.7. The first kappa shape index (κ1) is 35.6. The van der Waals surface area contributed by atoms with Crippen molar-refractivity contribution >= 4 is 41.0 Å². The molecule has 2 aromatic carbocycles. The molecule has 0 spiro atoms. The van der Waals surface area contributed by atoms with E-state index in [-0.39, 0.29) is 30.0 Å². The second-order valence-corrected chi connectivity index (χ2v) is 14.5. The van der Waals surface area contributed by atoms with E-state index in [0.29, 0.717) is 41.0 Å². The van der Waals surface area contributed by atoms with Crippen LogP contribution in [0.5, 0.6) is 5.75 Å². The van der Waals surface area contributed by atoms with E-state index in [1.165, 1.54) is 5.56 Å². The van der Waals surface area contributed by atoms with Gasteiger partial charge in [0.15, 0.2) is 11.5 Å². The average Bonchev–Trinajstić information content (AvgIpc) is 3.17. The van der Waals surface area contributed by atoms with Crippen LogP contribution >= 0.6 is 11.6 Å². The number of halogens is 1. The Kier molecular flexibility index (Phi) is 11.1. The molecule has 52 heavy (non-hydrogen) atoms. The number of piperazine rings is 1. The molecule has 3 aliphatic heterocycles. The van der Waals surface area contributed by atoms with Crippen LogP contribution in [0.4, 0.5) is 16.3 Å². The fourth-order valence-electron chi connectivity index (χ4n) is 7.65. The van der Waals surface area contributed by atoms with Gasteiger partial charge in [0.2, 0.25) is 5.91 Å². The van der Waals surface area contributed by atoms with Gasteiger partial charge in [-0.3, -0.25) is 29.6 Å². The van der Waals surface area contributed by atoms with Crippen LogP contribution in [0, 0.1) is 11.3 Å². The number of benzene rings is 2. The zero-order chi connectivity index (χ0) is 36.0. The highest BCUT2D eigenvalue weighted by Gasteiger charge is 2.29. The standard InChI is InChI=1S/C38H44ClN9O4/c39-33-23-32(8-3-27(33)24-40)52-31-9-4-28(5-10-31)41-37(50)34-11-12-35(44-43-34)47-16-13-29(14-17-47)46-21-19-45(20-22-46)25-26-1-6-30(7-2-26)48-18-15-36(49)42-38(48)51/h1-3,6-8,11-12,23,28-29,31H,4-5,9-10,13-22,25H2,(H,41,50)(H,42,49,51). The zero-order valence-corrected chi connectivity index (χ0v) is 29.9. The Balaban J connectivity index is 0.803. The summed E-state index contributed by atoms with van der Waals surface area (Å²) < 4.78 is 6.08.